The van der Waals surface area contributed by atoms with E-state index in [2.05, 4.69) is 10.1 Å². The number of hydrogen-bond acceptors (Lipinski definition) is 8. The Kier molecular flexibility index (Phi) is 7.17. The molecule has 11 heteroatoms. The van der Waals surface area contributed by atoms with Crippen molar-refractivity contribution in [2.24, 2.45) is 5.16 Å². The van der Waals surface area contributed by atoms with Gasteiger partial charge < -0.3 is 19.4 Å². The van der Waals surface area contributed by atoms with Crippen LogP contribution in [0.25, 0.3) is 11.1 Å². The number of carbonyl (C=O) groups excluding carboxylic acids is 2. The zero-order valence-electron chi connectivity index (χ0n) is 21.1. The molecular formula is C25H30N4O6S. The van der Waals surface area contributed by atoms with Crippen LogP contribution in [0.5, 0.6) is 0 Å². The van der Waals surface area contributed by atoms with E-state index in [4.69, 9.17) is 9.57 Å². The molecule has 0 spiro atoms. The lowest BCUT2D eigenvalue weighted by atomic mass is 9.87. The third-order valence-corrected chi connectivity index (χ3v) is 8.21. The second-order valence-corrected chi connectivity index (χ2v) is 11.1. The molecule has 0 atom stereocenters. The average Bonchev–Trinajstić information content (AvgIpc) is 3.08. The molecule has 0 radical (unpaired) electrons. The molecule has 2 aromatic rings. The summed E-state index contributed by atoms with van der Waals surface area (Å²) in [5.74, 6) is -0.893. The number of rotatable bonds is 7. The van der Waals surface area contributed by atoms with Crippen molar-refractivity contribution in [1.29, 1.82) is 0 Å². The lowest BCUT2D eigenvalue weighted by Gasteiger charge is -2.30. The molecular weight excluding hydrogens is 484 g/mol. The van der Waals surface area contributed by atoms with Gasteiger partial charge in [0.15, 0.2) is 5.71 Å². The van der Waals surface area contributed by atoms with Crippen molar-refractivity contribution < 1.29 is 27.6 Å². The Balaban J connectivity index is 1.81. The highest BCUT2D eigenvalue weighted by Crippen LogP contribution is 2.42. The molecule has 2 aliphatic rings. The van der Waals surface area contributed by atoms with Crippen LogP contribution >= 0.6 is 0 Å². The van der Waals surface area contributed by atoms with E-state index in [0.717, 1.165) is 40.9 Å². The third kappa shape index (κ3) is 4.61. The number of carbonyl (C=O) groups is 2. The Labute approximate surface area is 211 Å². The molecule has 0 fully saturated rings. The van der Waals surface area contributed by atoms with Crippen molar-refractivity contribution in [1.82, 2.24) is 9.21 Å². The van der Waals surface area contributed by atoms with Crippen molar-refractivity contribution in [3.05, 3.63) is 47.0 Å². The molecule has 2 aliphatic heterocycles. The van der Waals surface area contributed by atoms with E-state index in [1.807, 2.05) is 13.1 Å². The van der Waals surface area contributed by atoms with Crippen molar-refractivity contribution in [2.75, 3.05) is 52.8 Å². The Morgan fingerprint density at radius 2 is 1.81 bits per heavy atom. The summed E-state index contributed by atoms with van der Waals surface area (Å²) in [5, 5.41) is 4.01. The summed E-state index contributed by atoms with van der Waals surface area (Å²) in [4.78, 5) is 33.9. The molecule has 2 heterocycles. The molecule has 0 bridgehead atoms. The summed E-state index contributed by atoms with van der Waals surface area (Å²) in [6.07, 6.45) is 0.778. The number of hydrogen-bond donors (Lipinski definition) is 0. The number of nitrogens with zero attached hydrogens (tertiary/aromatic N) is 4. The monoisotopic (exact) mass is 514 g/mol. The number of anilines is 1. The van der Waals surface area contributed by atoms with Crippen LogP contribution in [0.4, 0.5) is 5.69 Å². The smallest absolute Gasteiger partial charge is 0.347 e. The fraction of sp³-hybridized carbons (Fsp3) is 0.400. The van der Waals surface area contributed by atoms with Crippen LogP contribution in [-0.4, -0.2) is 83.2 Å². The molecule has 0 N–H and O–H groups in total. The predicted molar refractivity (Wildman–Crippen MR) is 135 cm³/mol. The maximum Gasteiger partial charge on any atom is 0.347 e. The molecule has 192 valence electrons. The van der Waals surface area contributed by atoms with Crippen LogP contribution in [-0.2, 0) is 42.2 Å². The molecule has 0 aromatic heterocycles. The van der Waals surface area contributed by atoms with Gasteiger partial charge in [-0.15, -0.1) is 0 Å². The number of ether oxygens (including phenoxy) is 1. The standard InChI is InChI=1S/C25H30N4O6S/c1-6-34-22(30)15-35-26-23-20-13-19(16-7-9-17(10-8-16)36(32,33)27(2)3)18-11-12-28(4)14-21(18)24(20)29(5)25(23)31/h7-10,13H,6,11-12,14-15H2,1-5H3. The minimum absolute atomic E-state index is 0.112. The molecule has 36 heavy (non-hydrogen) atoms. The van der Waals surface area contributed by atoms with Gasteiger partial charge in [-0.1, -0.05) is 17.3 Å². The highest BCUT2D eigenvalue weighted by molar-refractivity contribution is 7.89. The van der Waals surface area contributed by atoms with Crippen LogP contribution in [0.15, 0.2) is 40.4 Å². The van der Waals surface area contributed by atoms with Crippen molar-refractivity contribution >= 4 is 33.3 Å². The number of likely N-dealkylation sites (N-methyl/N-ethyl adjacent to an activating group) is 2. The quantitative estimate of drug-likeness (QED) is 0.410. The van der Waals surface area contributed by atoms with E-state index in [9.17, 15) is 18.0 Å². The Morgan fingerprint density at radius 1 is 1.11 bits per heavy atom. The Hall–Kier alpha value is -3.28. The first kappa shape index (κ1) is 25.8. The molecule has 0 saturated heterocycles. The molecule has 0 aliphatic carbocycles. The maximum absolute atomic E-state index is 13.1. The van der Waals surface area contributed by atoms with Crippen LogP contribution in [0.3, 0.4) is 0 Å². The first-order valence-corrected chi connectivity index (χ1v) is 13.0. The largest absolute Gasteiger partial charge is 0.463 e. The number of amides is 1. The van der Waals surface area contributed by atoms with E-state index < -0.39 is 22.6 Å². The van der Waals surface area contributed by atoms with Crippen molar-refractivity contribution in [2.45, 2.75) is 24.8 Å². The fourth-order valence-corrected chi connectivity index (χ4v) is 5.43. The number of fused-ring (bicyclic) bond motifs is 3. The van der Waals surface area contributed by atoms with Gasteiger partial charge >= 0.3 is 5.97 Å². The minimum atomic E-state index is -3.55. The van der Waals surface area contributed by atoms with E-state index >= 15 is 0 Å². The molecule has 0 unspecified atom stereocenters. The lowest BCUT2D eigenvalue weighted by molar-refractivity contribution is -0.148. The number of oxime groups is 1. The van der Waals surface area contributed by atoms with E-state index in [0.29, 0.717) is 12.1 Å². The van der Waals surface area contributed by atoms with Gasteiger partial charge in [0.1, 0.15) is 0 Å². The fourth-order valence-electron chi connectivity index (χ4n) is 4.53. The SMILES string of the molecule is CCOC(=O)CON=C1C(=O)N(C)c2c1cc(-c1ccc(S(=O)(=O)N(C)C)cc1)c1c2CN(C)CC1. The van der Waals surface area contributed by atoms with E-state index in [1.165, 1.54) is 18.4 Å². The lowest BCUT2D eigenvalue weighted by Crippen LogP contribution is -2.30. The molecule has 2 aromatic carbocycles. The maximum atomic E-state index is 13.1. The number of sulfonamides is 1. The molecule has 4 rings (SSSR count). The van der Waals surface area contributed by atoms with Crippen LogP contribution < -0.4 is 4.90 Å². The minimum Gasteiger partial charge on any atom is -0.463 e. The second kappa shape index (κ2) is 10.00. The van der Waals surface area contributed by atoms with Gasteiger partial charge in [-0.2, -0.15) is 0 Å². The van der Waals surface area contributed by atoms with E-state index in [-0.39, 0.29) is 23.1 Å². The summed E-state index contributed by atoms with van der Waals surface area (Å²) in [7, 11) is 3.16. The first-order chi connectivity index (χ1) is 17.1. The van der Waals surface area contributed by atoms with Gasteiger partial charge in [0.2, 0.25) is 16.6 Å². The van der Waals surface area contributed by atoms with Crippen LogP contribution in [0.1, 0.15) is 23.6 Å². The highest BCUT2D eigenvalue weighted by atomic mass is 32.2. The van der Waals surface area contributed by atoms with Gasteiger partial charge in [-0.25, -0.2) is 17.5 Å². The van der Waals surface area contributed by atoms with Gasteiger partial charge in [0.05, 0.1) is 17.2 Å². The average molecular weight is 515 g/mol. The zero-order valence-corrected chi connectivity index (χ0v) is 21.9. The zero-order chi connectivity index (χ0) is 26.2. The Bertz CT molecular complexity index is 1340. The second-order valence-electron chi connectivity index (χ2n) is 8.96. The summed E-state index contributed by atoms with van der Waals surface area (Å²) in [6.45, 7) is 3.02. The predicted octanol–water partition coefficient (Wildman–Crippen LogP) is 1.85. The Morgan fingerprint density at radius 3 is 2.44 bits per heavy atom. The van der Waals surface area contributed by atoms with Gasteiger partial charge in [-0.05, 0) is 60.8 Å². The normalized spacial score (nSPS) is 16.9. The van der Waals surface area contributed by atoms with Crippen molar-refractivity contribution in [3.8, 4) is 11.1 Å². The number of benzene rings is 2. The van der Waals surface area contributed by atoms with Gasteiger partial charge in [0.25, 0.3) is 5.91 Å². The summed E-state index contributed by atoms with van der Waals surface area (Å²) >= 11 is 0. The molecule has 0 saturated carbocycles. The van der Waals surface area contributed by atoms with Gasteiger partial charge in [0, 0.05) is 39.8 Å². The first-order valence-electron chi connectivity index (χ1n) is 11.6. The van der Waals surface area contributed by atoms with Crippen LogP contribution in [0.2, 0.25) is 0 Å². The van der Waals surface area contributed by atoms with Crippen molar-refractivity contribution in [3.63, 3.8) is 0 Å². The van der Waals surface area contributed by atoms with Crippen LogP contribution in [0, 0.1) is 0 Å². The van der Waals surface area contributed by atoms with Gasteiger partial charge in [-0.3, -0.25) is 4.79 Å². The molecule has 10 nitrogen and oxygen atoms in total. The highest BCUT2D eigenvalue weighted by Gasteiger charge is 2.37. The number of esters is 1. The summed E-state index contributed by atoms with van der Waals surface area (Å²) in [5.41, 5.74) is 5.38. The summed E-state index contributed by atoms with van der Waals surface area (Å²) < 4.78 is 31.1. The van der Waals surface area contributed by atoms with E-state index in [1.54, 1.807) is 43.1 Å². The molecule has 1 amide bonds. The third-order valence-electron chi connectivity index (χ3n) is 6.38. The summed E-state index contributed by atoms with van der Waals surface area (Å²) in [6, 6.07) is 8.65. The topological polar surface area (TPSA) is 109 Å².